The van der Waals surface area contributed by atoms with Crippen molar-refractivity contribution in [3.05, 3.63) is 71.4 Å². The molecule has 220 valence electrons. The van der Waals surface area contributed by atoms with E-state index in [1.807, 2.05) is 35.2 Å². The molecule has 0 amide bonds. The van der Waals surface area contributed by atoms with Gasteiger partial charge in [-0.15, -0.1) is 0 Å². The molecule has 0 saturated carbocycles. The predicted octanol–water partition coefficient (Wildman–Crippen LogP) is 3.28. The molecule has 0 spiro atoms. The lowest BCUT2D eigenvalue weighted by Crippen LogP contribution is -2.61. The first-order valence-electron chi connectivity index (χ1n) is 14.5. The summed E-state index contributed by atoms with van der Waals surface area (Å²) in [5.41, 5.74) is 6.39. The van der Waals surface area contributed by atoms with Crippen LogP contribution in [0.1, 0.15) is 25.3 Å². The molecule has 10 nitrogen and oxygen atoms in total. The van der Waals surface area contributed by atoms with Crippen molar-refractivity contribution >= 4 is 17.0 Å². The van der Waals surface area contributed by atoms with Gasteiger partial charge in [-0.3, -0.25) is 18.9 Å². The van der Waals surface area contributed by atoms with Gasteiger partial charge < -0.3 is 15.8 Å². The van der Waals surface area contributed by atoms with Crippen LogP contribution in [0.3, 0.4) is 0 Å². The minimum Gasteiger partial charge on any atom is -0.457 e. The van der Waals surface area contributed by atoms with Crippen LogP contribution >= 0.6 is 0 Å². The fourth-order valence-electron chi connectivity index (χ4n) is 6.61. The number of nitrogens with two attached hydrogens (primary N) is 1. The van der Waals surface area contributed by atoms with Gasteiger partial charge in [0.2, 0.25) is 0 Å². The Bertz CT molecular complexity index is 1610. The second-order valence-corrected chi connectivity index (χ2v) is 11.4. The van der Waals surface area contributed by atoms with E-state index in [1.165, 1.54) is 10.9 Å². The molecule has 3 aliphatic heterocycles. The number of piperidine rings is 2. The van der Waals surface area contributed by atoms with Crippen LogP contribution in [0.15, 0.2) is 65.7 Å². The lowest BCUT2D eigenvalue weighted by Gasteiger charge is -2.47. The van der Waals surface area contributed by atoms with E-state index in [0.29, 0.717) is 29.8 Å². The molecule has 3 N–H and O–H groups in total. The molecule has 0 unspecified atom stereocenters. The van der Waals surface area contributed by atoms with Gasteiger partial charge >= 0.3 is 5.69 Å². The van der Waals surface area contributed by atoms with E-state index in [9.17, 15) is 4.79 Å². The zero-order valence-corrected chi connectivity index (χ0v) is 23.2. The highest BCUT2D eigenvalue weighted by molar-refractivity contribution is 5.84. The second kappa shape index (κ2) is 10.8. The molecule has 2 aromatic carbocycles. The first kappa shape index (κ1) is 27.0. The Balaban J connectivity index is 1.16. The van der Waals surface area contributed by atoms with E-state index in [-0.39, 0.29) is 29.4 Å². The summed E-state index contributed by atoms with van der Waals surface area (Å²) in [7, 11) is 0. The highest BCUT2D eigenvalue weighted by Gasteiger charge is 2.49. The Morgan fingerprint density at radius 3 is 2.24 bits per heavy atom. The van der Waals surface area contributed by atoms with E-state index in [0.717, 1.165) is 43.6 Å². The summed E-state index contributed by atoms with van der Waals surface area (Å²) in [5, 5.41) is 3.30. The summed E-state index contributed by atoms with van der Waals surface area (Å²) in [6, 6.07) is 15.5. The highest BCUT2D eigenvalue weighted by Crippen LogP contribution is 2.40. The Morgan fingerprint density at radius 1 is 0.881 bits per heavy atom. The Morgan fingerprint density at radius 2 is 1.57 bits per heavy atom. The number of nitrogens with zero attached hydrogens (tertiary/aromatic N) is 6. The third-order valence-electron chi connectivity index (χ3n) is 8.95. The molecule has 3 aliphatic rings. The lowest BCUT2D eigenvalue weighted by atomic mass is 9.94. The topological polar surface area (TPSA) is 106 Å². The van der Waals surface area contributed by atoms with Gasteiger partial charge in [0, 0.05) is 44.8 Å². The molecular weight excluding hydrogens is 542 g/mol. The van der Waals surface area contributed by atoms with Gasteiger partial charge in [0.15, 0.2) is 11.5 Å². The number of anilines is 1. The zero-order chi connectivity index (χ0) is 28.8. The molecule has 0 radical (unpaired) electrons. The molecule has 2 aromatic heterocycles. The number of imidazole rings is 1. The number of nitrogens with one attached hydrogen (secondary N) is 1. The third-order valence-corrected chi connectivity index (χ3v) is 8.95. The first-order chi connectivity index (χ1) is 20.4. The summed E-state index contributed by atoms with van der Waals surface area (Å²) in [6.07, 6.45) is 3.11. The number of hydrogen-bond donors (Lipinski definition) is 2. The van der Waals surface area contributed by atoms with Gasteiger partial charge in [0.1, 0.15) is 29.4 Å². The molecule has 4 aromatic rings. The third kappa shape index (κ3) is 4.83. The molecule has 12 heteroatoms. The number of halogens is 2. The summed E-state index contributed by atoms with van der Waals surface area (Å²) in [5.74, 6) is -1.84. The van der Waals surface area contributed by atoms with Gasteiger partial charge in [0.25, 0.3) is 5.92 Å². The minimum absolute atomic E-state index is 0.0506. The fraction of sp³-hybridized carbons (Fsp3) is 0.433. The summed E-state index contributed by atoms with van der Waals surface area (Å²) >= 11 is 0. The second-order valence-electron chi connectivity index (χ2n) is 11.4. The maximum absolute atomic E-state index is 16.0. The van der Waals surface area contributed by atoms with Crippen molar-refractivity contribution in [1.29, 1.82) is 0 Å². The van der Waals surface area contributed by atoms with Crippen LogP contribution in [0.2, 0.25) is 0 Å². The number of fused-ring (bicyclic) bond motifs is 1. The average Bonchev–Trinajstić information content (AvgIpc) is 3.25. The van der Waals surface area contributed by atoms with Crippen LogP contribution in [-0.2, 0) is 0 Å². The highest BCUT2D eigenvalue weighted by atomic mass is 19.3. The molecule has 3 fully saturated rings. The van der Waals surface area contributed by atoms with Crippen molar-refractivity contribution in [3.63, 3.8) is 0 Å². The van der Waals surface area contributed by atoms with Gasteiger partial charge in [0.05, 0.1) is 12.2 Å². The van der Waals surface area contributed by atoms with Crippen molar-refractivity contribution in [2.75, 3.05) is 45.0 Å². The van der Waals surface area contributed by atoms with Crippen LogP contribution in [0, 0.1) is 0 Å². The average molecular weight is 577 g/mol. The summed E-state index contributed by atoms with van der Waals surface area (Å²) in [6.45, 7) is 3.98. The maximum Gasteiger partial charge on any atom is 0.335 e. The van der Waals surface area contributed by atoms with Gasteiger partial charge in [-0.25, -0.2) is 23.5 Å². The van der Waals surface area contributed by atoms with E-state index < -0.39 is 24.2 Å². The number of alkyl halides is 2. The quantitative estimate of drug-likeness (QED) is 0.360. The molecular formula is C30H34F2N8O2. The van der Waals surface area contributed by atoms with E-state index in [4.69, 9.17) is 10.5 Å². The van der Waals surface area contributed by atoms with Crippen molar-refractivity contribution in [1.82, 2.24) is 34.2 Å². The number of hydrogen-bond acceptors (Lipinski definition) is 8. The Kier molecular flexibility index (Phi) is 6.91. The predicted molar refractivity (Wildman–Crippen MR) is 155 cm³/mol. The molecule has 3 saturated heterocycles. The van der Waals surface area contributed by atoms with Gasteiger partial charge in [-0.05, 0) is 55.7 Å². The van der Waals surface area contributed by atoms with Gasteiger partial charge in [-0.1, -0.05) is 18.2 Å². The first-order valence-corrected chi connectivity index (χ1v) is 14.5. The van der Waals surface area contributed by atoms with Crippen LogP contribution in [-0.4, -0.2) is 86.2 Å². The number of para-hydroxylation sites is 1. The van der Waals surface area contributed by atoms with E-state index >= 15 is 8.78 Å². The maximum atomic E-state index is 16.0. The summed E-state index contributed by atoms with van der Waals surface area (Å²) in [4.78, 5) is 26.7. The molecule has 5 heterocycles. The lowest BCUT2D eigenvalue weighted by molar-refractivity contribution is -0.117. The number of ether oxygens (including phenoxy) is 1. The zero-order valence-electron chi connectivity index (χ0n) is 23.2. The Hall–Kier alpha value is -3.87. The monoisotopic (exact) mass is 576 g/mol. The standard InChI is InChI=1S/C30H34F2N8O2/c31-30(32)18-38(20-10-13-37(14-11-20)22-16-34-17-22)15-12-25(30)40-28-26(27(33)35-19-36-28)39(29(40)41)21-6-8-24(9-7-21)42-23-4-2-1-3-5-23/h1-9,19-20,22,25,34H,10-18H2,(H2,33,35,36)/t25-/m0/s1. The number of nitrogen functional groups attached to an aromatic ring is 1. The molecule has 0 bridgehead atoms. The van der Waals surface area contributed by atoms with Crippen LogP contribution in [0.25, 0.3) is 16.9 Å². The van der Waals surface area contributed by atoms with Crippen molar-refractivity contribution < 1.29 is 13.5 Å². The van der Waals surface area contributed by atoms with E-state index in [1.54, 1.807) is 24.3 Å². The van der Waals surface area contributed by atoms with Gasteiger partial charge in [-0.2, -0.15) is 0 Å². The van der Waals surface area contributed by atoms with Crippen LogP contribution < -0.4 is 21.5 Å². The smallest absolute Gasteiger partial charge is 0.335 e. The molecule has 42 heavy (non-hydrogen) atoms. The van der Waals surface area contributed by atoms with Crippen molar-refractivity contribution in [3.8, 4) is 17.2 Å². The van der Waals surface area contributed by atoms with Crippen LogP contribution in [0.5, 0.6) is 11.5 Å². The fourth-order valence-corrected chi connectivity index (χ4v) is 6.61. The number of rotatable bonds is 6. The van der Waals surface area contributed by atoms with Crippen LogP contribution in [0.4, 0.5) is 14.6 Å². The van der Waals surface area contributed by atoms with Crippen molar-refractivity contribution in [2.24, 2.45) is 0 Å². The number of benzene rings is 2. The van der Waals surface area contributed by atoms with E-state index in [2.05, 4.69) is 20.2 Å². The minimum atomic E-state index is -3.14. The Labute approximate surface area is 241 Å². The van der Waals surface area contributed by atoms with Crippen molar-refractivity contribution in [2.45, 2.75) is 43.3 Å². The largest absolute Gasteiger partial charge is 0.457 e. The number of likely N-dealkylation sites (tertiary alicyclic amines) is 2. The molecule has 7 rings (SSSR count). The molecule has 1 atom stereocenters. The summed E-state index contributed by atoms with van der Waals surface area (Å²) < 4.78 is 40.3. The molecule has 0 aliphatic carbocycles. The number of aromatic nitrogens is 4. The normalized spacial score (nSPS) is 22.3. The SMILES string of the molecule is Nc1ncnc2c1n(-c1ccc(Oc3ccccc3)cc1)c(=O)n2[C@H]1CCN(C2CCN(C3CNC3)CC2)CC1(F)F.